The van der Waals surface area contributed by atoms with Gasteiger partial charge in [-0.2, -0.15) is 0 Å². The lowest BCUT2D eigenvalue weighted by Gasteiger charge is -2.10. The van der Waals surface area contributed by atoms with Crippen molar-refractivity contribution >= 4 is 0 Å². The van der Waals surface area contributed by atoms with E-state index in [1.54, 1.807) is 0 Å². The van der Waals surface area contributed by atoms with Crippen molar-refractivity contribution in [1.29, 1.82) is 0 Å². The Balaban J connectivity index is 2.27. The van der Waals surface area contributed by atoms with Crippen molar-refractivity contribution in [3.05, 3.63) is 42.4 Å². The summed E-state index contributed by atoms with van der Waals surface area (Å²) in [4.78, 5) is 7.75. The number of ether oxygens (including phenoxy) is 1. The molecule has 0 amide bonds. The lowest BCUT2D eigenvalue weighted by molar-refractivity contribution is -0.274. The van der Waals surface area contributed by atoms with Crippen molar-refractivity contribution in [2.45, 2.75) is 13.0 Å². The molecule has 0 unspecified atom stereocenters. The summed E-state index contributed by atoms with van der Waals surface area (Å²) < 4.78 is 39.8. The monoisotopic (exact) mass is 270 g/mol. The average Bonchev–Trinajstić information content (AvgIpc) is 2.38. The molecule has 4 nitrogen and oxygen atoms in total. The van der Waals surface area contributed by atoms with Gasteiger partial charge in [-0.05, 0) is 24.3 Å². The normalized spacial score (nSPS) is 11.4. The Morgan fingerprint density at radius 1 is 1.16 bits per heavy atom. The Kier molecular flexibility index (Phi) is 3.66. The van der Waals surface area contributed by atoms with E-state index in [4.69, 9.17) is 5.11 Å². The van der Waals surface area contributed by atoms with Gasteiger partial charge in [-0.3, -0.25) is 0 Å². The third-order valence-electron chi connectivity index (χ3n) is 2.32. The van der Waals surface area contributed by atoms with Crippen LogP contribution in [0.5, 0.6) is 5.75 Å². The number of benzene rings is 1. The summed E-state index contributed by atoms with van der Waals surface area (Å²) in [7, 11) is 0. The number of rotatable bonds is 3. The Labute approximate surface area is 106 Å². The summed E-state index contributed by atoms with van der Waals surface area (Å²) in [6, 6.07) is 5.24. The van der Waals surface area contributed by atoms with Crippen molar-refractivity contribution in [3.63, 3.8) is 0 Å². The van der Waals surface area contributed by atoms with Gasteiger partial charge < -0.3 is 9.84 Å². The molecule has 0 fully saturated rings. The predicted molar refractivity (Wildman–Crippen MR) is 60.1 cm³/mol. The minimum atomic E-state index is -4.72. The summed E-state index contributed by atoms with van der Waals surface area (Å²) in [5.41, 5.74) is 1.53. The van der Waals surface area contributed by atoms with Crippen molar-refractivity contribution in [1.82, 2.24) is 9.97 Å². The van der Waals surface area contributed by atoms with Gasteiger partial charge in [-0.15, -0.1) is 13.2 Å². The van der Waals surface area contributed by atoms with Crippen LogP contribution in [-0.2, 0) is 6.61 Å². The van der Waals surface area contributed by atoms with E-state index in [1.807, 2.05) is 0 Å². The number of alkyl halides is 3. The maximum atomic E-state index is 12.0. The molecule has 0 aliphatic rings. The molecule has 2 rings (SSSR count). The molecule has 0 saturated carbocycles. The summed E-state index contributed by atoms with van der Waals surface area (Å²) in [5, 5.41) is 9.13. The molecule has 0 bridgehead atoms. The second-order valence-electron chi connectivity index (χ2n) is 3.63. The smallest absolute Gasteiger partial charge is 0.406 e. The standard InChI is InChI=1S/C12H9F3N2O2/c13-12(14,15)19-10-3-1-8(2-4-10)11-9(6-18)5-16-7-17-11/h1-5,7,18H,6H2. The van der Waals surface area contributed by atoms with Crippen LogP contribution in [0.15, 0.2) is 36.8 Å². The van der Waals surface area contributed by atoms with Crippen LogP contribution in [0.1, 0.15) is 5.56 Å². The number of aliphatic hydroxyl groups is 1. The van der Waals surface area contributed by atoms with E-state index in [1.165, 1.54) is 36.8 Å². The van der Waals surface area contributed by atoms with Gasteiger partial charge in [0.25, 0.3) is 0 Å². The van der Waals surface area contributed by atoms with Crippen LogP contribution in [0, 0.1) is 0 Å². The zero-order valence-corrected chi connectivity index (χ0v) is 9.55. The van der Waals surface area contributed by atoms with Gasteiger partial charge in [0.1, 0.15) is 12.1 Å². The maximum Gasteiger partial charge on any atom is 0.573 e. The number of aromatic nitrogens is 2. The molecule has 0 aliphatic carbocycles. The minimum absolute atomic E-state index is 0.253. The van der Waals surface area contributed by atoms with Crippen LogP contribution in [0.3, 0.4) is 0 Å². The molecule has 7 heteroatoms. The highest BCUT2D eigenvalue weighted by molar-refractivity contribution is 5.63. The molecular weight excluding hydrogens is 261 g/mol. The molecule has 1 aromatic heterocycles. The molecule has 1 N–H and O–H groups in total. The van der Waals surface area contributed by atoms with Crippen molar-refractivity contribution < 1.29 is 23.0 Å². The van der Waals surface area contributed by atoms with Gasteiger partial charge in [0.2, 0.25) is 0 Å². The molecule has 0 spiro atoms. The molecule has 0 saturated heterocycles. The molecule has 1 heterocycles. The van der Waals surface area contributed by atoms with E-state index in [0.29, 0.717) is 16.8 Å². The number of hydrogen-bond acceptors (Lipinski definition) is 4. The number of hydrogen-bond donors (Lipinski definition) is 1. The highest BCUT2D eigenvalue weighted by Gasteiger charge is 2.30. The van der Waals surface area contributed by atoms with Crippen molar-refractivity contribution in [2.24, 2.45) is 0 Å². The van der Waals surface area contributed by atoms with Crippen LogP contribution in [0.4, 0.5) is 13.2 Å². The molecule has 2 aromatic rings. The van der Waals surface area contributed by atoms with Gasteiger partial charge in [-0.25, -0.2) is 9.97 Å². The third kappa shape index (κ3) is 3.41. The first kappa shape index (κ1) is 13.3. The molecule has 0 aliphatic heterocycles. The van der Waals surface area contributed by atoms with E-state index in [9.17, 15) is 13.2 Å². The Bertz CT molecular complexity index is 556. The SMILES string of the molecule is OCc1cncnc1-c1ccc(OC(F)(F)F)cc1. The van der Waals surface area contributed by atoms with Crippen LogP contribution in [-0.4, -0.2) is 21.4 Å². The highest BCUT2D eigenvalue weighted by Crippen LogP contribution is 2.26. The van der Waals surface area contributed by atoms with E-state index < -0.39 is 6.36 Å². The largest absolute Gasteiger partial charge is 0.573 e. The average molecular weight is 270 g/mol. The van der Waals surface area contributed by atoms with Gasteiger partial charge in [0, 0.05) is 17.3 Å². The first-order valence-electron chi connectivity index (χ1n) is 5.25. The zero-order chi connectivity index (χ0) is 13.9. The topological polar surface area (TPSA) is 55.2 Å². The molecule has 0 radical (unpaired) electrons. The predicted octanol–water partition coefficient (Wildman–Crippen LogP) is 2.53. The lowest BCUT2D eigenvalue weighted by Crippen LogP contribution is -2.16. The van der Waals surface area contributed by atoms with Gasteiger partial charge in [0.05, 0.1) is 12.3 Å². The first-order valence-corrected chi connectivity index (χ1v) is 5.25. The molecule has 19 heavy (non-hydrogen) atoms. The van der Waals surface area contributed by atoms with E-state index in [2.05, 4.69) is 14.7 Å². The quantitative estimate of drug-likeness (QED) is 0.931. The zero-order valence-electron chi connectivity index (χ0n) is 9.55. The second-order valence-corrected chi connectivity index (χ2v) is 3.63. The van der Waals surface area contributed by atoms with Crippen molar-refractivity contribution in [3.8, 4) is 17.0 Å². The Hall–Kier alpha value is -2.15. The Morgan fingerprint density at radius 2 is 1.84 bits per heavy atom. The van der Waals surface area contributed by atoms with Gasteiger partial charge >= 0.3 is 6.36 Å². The fourth-order valence-corrected chi connectivity index (χ4v) is 1.55. The Morgan fingerprint density at radius 3 is 2.42 bits per heavy atom. The van der Waals surface area contributed by atoms with Crippen LogP contribution >= 0.6 is 0 Å². The lowest BCUT2D eigenvalue weighted by atomic mass is 10.1. The summed E-state index contributed by atoms with van der Waals surface area (Å²) in [6.07, 6.45) is -1.97. The number of halogens is 3. The van der Waals surface area contributed by atoms with Gasteiger partial charge in [-0.1, -0.05) is 0 Å². The summed E-state index contributed by atoms with van der Waals surface area (Å²) in [6.45, 7) is -0.253. The number of nitrogens with zero attached hydrogens (tertiary/aromatic N) is 2. The minimum Gasteiger partial charge on any atom is -0.406 e. The third-order valence-corrected chi connectivity index (χ3v) is 2.32. The van der Waals surface area contributed by atoms with Gasteiger partial charge in [0.15, 0.2) is 0 Å². The second kappa shape index (κ2) is 5.23. The fraction of sp³-hybridized carbons (Fsp3) is 0.167. The van der Waals surface area contributed by atoms with Crippen molar-refractivity contribution in [2.75, 3.05) is 0 Å². The van der Waals surface area contributed by atoms with Crippen LogP contribution in [0.2, 0.25) is 0 Å². The summed E-state index contributed by atoms with van der Waals surface area (Å²) in [5.74, 6) is -0.309. The van der Waals surface area contributed by atoms with E-state index in [-0.39, 0.29) is 12.4 Å². The molecular formula is C12H9F3N2O2. The first-order chi connectivity index (χ1) is 8.99. The van der Waals surface area contributed by atoms with Crippen LogP contribution in [0.25, 0.3) is 11.3 Å². The number of aliphatic hydroxyl groups excluding tert-OH is 1. The highest BCUT2D eigenvalue weighted by atomic mass is 19.4. The van der Waals surface area contributed by atoms with E-state index >= 15 is 0 Å². The molecule has 100 valence electrons. The van der Waals surface area contributed by atoms with E-state index in [0.717, 1.165) is 0 Å². The van der Waals surface area contributed by atoms with Crippen LogP contribution < -0.4 is 4.74 Å². The summed E-state index contributed by atoms with van der Waals surface area (Å²) >= 11 is 0. The molecule has 0 atom stereocenters. The maximum absolute atomic E-state index is 12.0. The molecule has 1 aromatic carbocycles. The fourth-order valence-electron chi connectivity index (χ4n) is 1.55.